The van der Waals surface area contributed by atoms with E-state index in [-0.39, 0.29) is 17.9 Å². The summed E-state index contributed by atoms with van der Waals surface area (Å²) in [6.07, 6.45) is 3.85. The maximum absolute atomic E-state index is 13.4. The summed E-state index contributed by atoms with van der Waals surface area (Å²) in [7, 11) is 0. The summed E-state index contributed by atoms with van der Waals surface area (Å²) in [5.74, 6) is 1.08. The summed E-state index contributed by atoms with van der Waals surface area (Å²) >= 11 is 0. The van der Waals surface area contributed by atoms with Crippen LogP contribution in [0.15, 0.2) is 30.3 Å². The molecule has 142 valence electrons. The number of likely N-dealkylation sites (tertiary alicyclic amines) is 1. The standard InChI is InChI=1S/C19H25N7O/c27-19(14-8-4-5-10-26-18(14)22-23-24-26)25-11-9-16-15(12-25)17(21-20-16)13-6-2-1-3-7-13/h1-3,6-7,14-17,20-21H,4-5,8-12H2. The Bertz CT molecular complexity index is 807. The Hall–Kier alpha value is -2.32. The van der Waals surface area contributed by atoms with Gasteiger partial charge in [0.2, 0.25) is 5.91 Å². The number of benzene rings is 1. The van der Waals surface area contributed by atoms with Crippen molar-refractivity contribution in [1.29, 1.82) is 0 Å². The third-order valence-corrected chi connectivity index (χ3v) is 6.26. The Kier molecular flexibility index (Phi) is 4.37. The first-order valence-corrected chi connectivity index (χ1v) is 9.92. The fourth-order valence-electron chi connectivity index (χ4n) is 4.81. The molecule has 27 heavy (non-hydrogen) atoms. The molecule has 1 aromatic carbocycles. The van der Waals surface area contributed by atoms with Gasteiger partial charge < -0.3 is 4.90 Å². The molecular weight excluding hydrogens is 342 g/mol. The molecule has 2 saturated heterocycles. The van der Waals surface area contributed by atoms with E-state index in [1.807, 2.05) is 15.6 Å². The number of amides is 1. The highest BCUT2D eigenvalue weighted by molar-refractivity contribution is 5.83. The van der Waals surface area contributed by atoms with Crippen molar-refractivity contribution < 1.29 is 4.79 Å². The van der Waals surface area contributed by atoms with Gasteiger partial charge in [0.15, 0.2) is 5.82 Å². The predicted molar refractivity (Wildman–Crippen MR) is 98.3 cm³/mol. The molecule has 4 atom stereocenters. The zero-order valence-electron chi connectivity index (χ0n) is 15.3. The lowest BCUT2D eigenvalue weighted by atomic mass is 9.84. The summed E-state index contributed by atoms with van der Waals surface area (Å²) < 4.78 is 1.81. The van der Waals surface area contributed by atoms with E-state index in [1.165, 1.54) is 5.56 Å². The van der Waals surface area contributed by atoms with Crippen molar-refractivity contribution in [3.63, 3.8) is 0 Å². The minimum Gasteiger partial charge on any atom is -0.342 e. The summed E-state index contributed by atoms with van der Waals surface area (Å²) in [4.78, 5) is 15.4. The SMILES string of the molecule is O=C(C1CCCCn2nnnc21)N1CCC2NNC(c3ccccc3)C2C1. The molecule has 0 bridgehead atoms. The number of nitrogens with one attached hydrogen (secondary N) is 2. The van der Waals surface area contributed by atoms with Crippen LogP contribution in [0.2, 0.25) is 0 Å². The Morgan fingerprint density at radius 3 is 2.85 bits per heavy atom. The molecule has 4 heterocycles. The van der Waals surface area contributed by atoms with E-state index in [1.54, 1.807) is 0 Å². The number of nitrogens with zero attached hydrogens (tertiary/aromatic N) is 5. The number of hydrogen-bond acceptors (Lipinski definition) is 6. The quantitative estimate of drug-likeness (QED) is 0.824. The van der Waals surface area contributed by atoms with Gasteiger partial charge in [0, 0.05) is 31.6 Å². The first-order chi connectivity index (χ1) is 13.3. The number of hydrazine groups is 1. The number of piperidine rings is 1. The molecule has 0 aliphatic carbocycles. The number of fused-ring (bicyclic) bond motifs is 2. The first kappa shape index (κ1) is 16.8. The predicted octanol–water partition coefficient (Wildman–Crippen LogP) is 1.01. The van der Waals surface area contributed by atoms with Gasteiger partial charge in [-0.1, -0.05) is 36.8 Å². The smallest absolute Gasteiger partial charge is 0.233 e. The van der Waals surface area contributed by atoms with Gasteiger partial charge in [-0.3, -0.25) is 10.2 Å². The monoisotopic (exact) mass is 367 g/mol. The molecule has 1 amide bonds. The Labute approximate surface area is 158 Å². The maximum Gasteiger partial charge on any atom is 0.233 e. The number of aromatic nitrogens is 4. The molecule has 1 aromatic heterocycles. The van der Waals surface area contributed by atoms with Crippen molar-refractivity contribution in [2.75, 3.05) is 13.1 Å². The van der Waals surface area contributed by atoms with E-state index in [9.17, 15) is 4.79 Å². The number of hydrogen-bond donors (Lipinski definition) is 2. The van der Waals surface area contributed by atoms with Crippen molar-refractivity contribution in [2.24, 2.45) is 5.92 Å². The Morgan fingerprint density at radius 1 is 1.07 bits per heavy atom. The molecule has 8 heteroatoms. The average molecular weight is 367 g/mol. The van der Waals surface area contributed by atoms with Crippen molar-refractivity contribution in [3.8, 4) is 0 Å². The first-order valence-electron chi connectivity index (χ1n) is 9.92. The molecular formula is C19H25N7O. The zero-order chi connectivity index (χ0) is 18.2. The van der Waals surface area contributed by atoms with Crippen molar-refractivity contribution >= 4 is 5.91 Å². The molecule has 3 aliphatic heterocycles. The Balaban J connectivity index is 1.35. The molecule has 4 unspecified atom stereocenters. The molecule has 2 N–H and O–H groups in total. The van der Waals surface area contributed by atoms with E-state index >= 15 is 0 Å². The van der Waals surface area contributed by atoms with Gasteiger partial charge in [-0.25, -0.2) is 10.1 Å². The van der Waals surface area contributed by atoms with Crippen LogP contribution in [0.25, 0.3) is 0 Å². The minimum atomic E-state index is -0.212. The summed E-state index contributed by atoms with van der Waals surface area (Å²) in [5.41, 5.74) is 8.16. The molecule has 5 rings (SSSR count). The van der Waals surface area contributed by atoms with Crippen LogP contribution in [0.3, 0.4) is 0 Å². The molecule has 3 aliphatic rings. The van der Waals surface area contributed by atoms with Crippen LogP contribution in [-0.2, 0) is 11.3 Å². The van der Waals surface area contributed by atoms with Crippen molar-refractivity contribution in [1.82, 2.24) is 36.0 Å². The van der Waals surface area contributed by atoms with Gasteiger partial charge in [0.1, 0.15) is 0 Å². The summed E-state index contributed by atoms with van der Waals surface area (Å²) in [5, 5.41) is 12.0. The second kappa shape index (κ2) is 7.01. The number of rotatable bonds is 2. The molecule has 2 aromatic rings. The second-order valence-corrected chi connectivity index (χ2v) is 7.83. The fourth-order valence-corrected chi connectivity index (χ4v) is 4.81. The lowest BCUT2D eigenvalue weighted by Crippen LogP contribution is -2.49. The molecule has 0 spiro atoms. The molecule has 0 saturated carbocycles. The molecule has 2 fully saturated rings. The van der Waals surface area contributed by atoms with Gasteiger partial charge in [0.25, 0.3) is 0 Å². The van der Waals surface area contributed by atoms with Gasteiger partial charge in [-0.05, 0) is 35.3 Å². The van der Waals surface area contributed by atoms with Crippen LogP contribution in [0.5, 0.6) is 0 Å². The highest BCUT2D eigenvalue weighted by Gasteiger charge is 2.43. The highest BCUT2D eigenvalue weighted by atomic mass is 16.2. The lowest BCUT2D eigenvalue weighted by molar-refractivity contribution is -0.135. The fraction of sp³-hybridized carbons (Fsp3) is 0.579. The van der Waals surface area contributed by atoms with Crippen LogP contribution in [-0.4, -0.2) is 50.1 Å². The van der Waals surface area contributed by atoms with Crippen LogP contribution in [0.4, 0.5) is 0 Å². The van der Waals surface area contributed by atoms with Crippen LogP contribution >= 0.6 is 0 Å². The zero-order valence-corrected chi connectivity index (χ0v) is 15.3. The maximum atomic E-state index is 13.4. The van der Waals surface area contributed by atoms with Crippen LogP contribution in [0.1, 0.15) is 49.0 Å². The van der Waals surface area contributed by atoms with E-state index in [4.69, 9.17) is 0 Å². The van der Waals surface area contributed by atoms with E-state index in [0.29, 0.717) is 12.0 Å². The van der Waals surface area contributed by atoms with E-state index < -0.39 is 0 Å². The van der Waals surface area contributed by atoms with Crippen molar-refractivity contribution in [2.45, 2.75) is 50.2 Å². The lowest BCUT2D eigenvalue weighted by Gasteiger charge is -2.37. The van der Waals surface area contributed by atoms with Gasteiger partial charge in [0.05, 0.1) is 12.0 Å². The number of aryl methyl sites for hydroxylation is 1. The highest BCUT2D eigenvalue weighted by Crippen LogP contribution is 2.35. The summed E-state index contributed by atoms with van der Waals surface area (Å²) in [6.45, 7) is 2.36. The average Bonchev–Trinajstić information content (AvgIpc) is 3.30. The van der Waals surface area contributed by atoms with Crippen LogP contribution in [0, 0.1) is 5.92 Å². The van der Waals surface area contributed by atoms with E-state index in [2.05, 4.69) is 50.6 Å². The molecule has 0 radical (unpaired) electrons. The number of carbonyl (C=O) groups is 1. The minimum absolute atomic E-state index is 0.185. The Morgan fingerprint density at radius 2 is 1.96 bits per heavy atom. The summed E-state index contributed by atoms with van der Waals surface area (Å²) in [6, 6.07) is 11.1. The molecule has 8 nitrogen and oxygen atoms in total. The van der Waals surface area contributed by atoms with Gasteiger partial charge in [-0.15, -0.1) is 5.10 Å². The third kappa shape index (κ3) is 3.02. The van der Waals surface area contributed by atoms with E-state index in [0.717, 1.165) is 51.1 Å². The largest absolute Gasteiger partial charge is 0.342 e. The van der Waals surface area contributed by atoms with Crippen molar-refractivity contribution in [3.05, 3.63) is 41.7 Å². The van der Waals surface area contributed by atoms with Gasteiger partial charge >= 0.3 is 0 Å². The topological polar surface area (TPSA) is 88.0 Å². The third-order valence-electron chi connectivity index (χ3n) is 6.26. The second-order valence-electron chi connectivity index (χ2n) is 7.83. The van der Waals surface area contributed by atoms with Gasteiger partial charge in [-0.2, -0.15) is 0 Å². The van der Waals surface area contributed by atoms with Crippen LogP contribution < -0.4 is 10.9 Å². The number of tetrazole rings is 1. The normalized spacial score (nSPS) is 30.4. The number of carbonyl (C=O) groups excluding carboxylic acids is 1.